The Morgan fingerprint density at radius 3 is 1.97 bits per heavy atom. The number of nitrogens with zero attached hydrogens (tertiary/aromatic N) is 5. The van der Waals surface area contributed by atoms with Gasteiger partial charge in [0.05, 0.1) is 6.54 Å². The monoisotopic (exact) mass is 488 g/mol. The Morgan fingerprint density at radius 2 is 1.39 bits per heavy atom. The summed E-state index contributed by atoms with van der Waals surface area (Å²) in [5.74, 6) is 1.21. The predicted octanol–water partition coefficient (Wildman–Crippen LogP) is 4.37. The van der Waals surface area contributed by atoms with E-state index in [1.807, 2.05) is 12.1 Å². The number of hydrogen-bond acceptors (Lipinski definition) is 4. The van der Waals surface area contributed by atoms with Crippen molar-refractivity contribution < 1.29 is 14.2 Å². The molecule has 2 aliphatic heterocycles. The van der Waals surface area contributed by atoms with Crippen LogP contribution in [0.3, 0.4) is 0 Å². The van der Waals surface area contributed by atoms with Crippen LogP contribution in [0, 0.1) is 0 Å². The quantitative estimate of drug-likeness (QED) is 0.329. The van der Waals surface area contributed by atoms with Crippen molar-refractivity contribution in [2.75, 3.05) is 27.2 Å². The van der Waals surface area contributed by atoms with Crippen LogP contribution in [0.4, 0.5) is 4.79 Å². The van der Waals surface area contributed by atoms with Crippen LogP contribution in [0.5, 0.6) is 0 Å². The van der Waals surface area contributed by atoms with Gasteiger partial charge in [-0.2, -0.15) is 0 Å². The number of carbonyl (C=O) groups excluding carboxylic acids is 2. The zero-order chi connectivity index (χ0) is 25.5. The zero-order valence-electron chi connectivity index (χ0n) is 21.8. The van der Waals surface area contributed by atoms with Crippen molar-refractivity contribution >= 4 is 23.6 Å². The number of amides is 3. The second kappa shape index (κ2) is 12.1. The highest BCUT2D eigenvalue weighted by Crippen LogP contribution is 2.21. The number of benzene rings is 2. The summed E-state index contributed by atoms with van der Waals surface area (Å²) in [5, 5.41) is 0. The van der Waals surface area contributed by atoms with E-state index in [0.29, 0.717) is 12.4 Å². The van der Waals surface area contributed by atoms with E-state index in [9.17, 15) is 9.59 Å². The second-order valence-electron chi connectivity index (χ2n) is 9.75. The normalized spacial score (nSPS) is 17.8. The van der Waals surface area contributed by atoms with Crippen molar-refractivity contribution in [3.05, 3.63) is 71.8 Å². The Kier molecular flexibility index (Phi) is 8.65. The van der Waals surface area contributed by atoms with E-state index in [1.54, 1.807) is 14.1 Å². The van der Waals surface area contributed by atoms with Crippen molar-refractivity contribution in [3.63, 3.8) is 0 Å². The molecule has 190 valence electrons. The molecule has 1 saturated heterocycles. The van der Waals surface area contributed by atoms with Crippen LogP contribution in [0.1, 0.15) is 50.2 Å². The molecule has 2 aromatic rings. The highest BCUT2D eigenvalue weighted by Gasteiger charge is 2.52. The molecule has 2 heterocycles. The summed E-state index contributed by atoms with van der Waals surface area (Å²) in [7, 11) is 3.28. The highest BCUT2D eigenvalue weighted by atomic mass is 16.2. The fraction of sp³-hybridized carbons (Fsp3) is 0.448. The van der Waals surface area contributed by atoms with Crippen LogP contribution in [0.15, 0.2) is 65.7 Å². The smallest absolute Gasteiger partial charge is 0.284 e. The summed E-state index contributed by atoms with van der Waals surface area (Å²) in [6.45, 7) is 5.09. The number of hydrogen-bond donors (Lipinski definition) is 0. The zero-order valence-corrected chi connectivity index (χ0v) is 21.8. The molecule has 0 spiro atoms. The lowest BCUT2D eigenvalue weighted by Crippen LogP contribution is -2.61. The standard InChI is InChI=1S/C29H38N5O2/c1-4-5-6-7-14-19-34-25(30-27-26(34)28(35)32(3)29(36)31(27)2)22-33(20-23-15-10-8-11-16-23)21-24-17-12-9-13-18-24/h8-13,15-18,26H,4-7,14,19-22H2,1-3H3/q+1. The molecule has 0 radical (unpaired) electrons. The third-order valence-corrected chi connectivity index (χ3v) is 6.98. The molecule has 7 heteroatoms. The van der Waals surface area contributed by atoms with Gasteiger partial charge in [-0.25, -0.2) is 9.37 Å². The lowest BCUT2D eigenvalue weighted by atomic mass is 10.1. The molecule has 4 rings (SSSR count). The van der Waals surface area contributed by atoms with E-state index in [-0.39, 0.29) is 11.9 Å². The summed E-state index contributed by atoms with van der Waals surface area (Å²) in [6.07, 6.45) is 5.73. The Morgan fingerprint density at radius 1 is 0.806 bits per heavy atom. The number of aliphatic imine (C=N–C) groups is 1. The summed E-state index contributed by atoms with van der Waals surface area (Å²) in [6, 6.07) is 20.0. The molecule has 2 aromatic carbocycles. The molecule has 3 amide bonds. The fourth-order valence-electron chi connectivity index (χ4n) is 4.97. The van der Waals surface area contributed by atoms with Crippen molar-refractivity contribution in [1.82, 2.24) is 14.7 Å². The summed E-state index contributed by atoms with van der Waals surface area (Å²) in [4.78, 5) is 35.9. The van der Waals surface area contributed by atoms with Gasteiger partial charge >= 0.3 is 11.9 Å². The van der Waals surface area contributed by atoms with Crippen molar-refractivity contribution in [2.24, 2.45) is 4.99 Å². The van der Waals surface area contributed by atoms with E-state index in [4.69, 9.17) is 4.99 Å². The number of amidine groups is 2. The van der Waals surface area contributed by atoms with Crippen molar-refractivity contribution in [3.8, 4) is 0 Å². The average molecular weight is 489 g/mol. The van der Waals surface area contributed by atoms with Gasteiger partial charge in [0, 0.05) is 27.2 Å². The van der Waals surface area contributed by atoms with Gasteiger partial charge in [-0.15, -0.1) is 0 Å². The van der Waals surface area contributed by atoms with Crippen LogP contribution < -0.4 is 0 Å². The minimum atomic E-state index is -0.533. The first-order valence-electron chi connectivity index (χ1n) is 13.1. The second-order valence-corrected chi connectivity index (χ2v) is 9.75. The lowest BCUT2D eigenvalue weighted by molar-refractivity contribution is -0.537. The van der Waals surface area contributed by atoms with Crippen molar-refractivity contribution in [2.45, 2.75) is 58.2 Å². The van der Waals surface area contributed by atoms with E-state index in [2.05, 4.69) is 64.9 Å². The molecule has 0 saturated carbocycles. The number of urea groups is 1. The molecule has 1 fully saturated rings. The topological polar surface area (TPSA) is 59.2 Å². The largest absolute Gasteiger partial charge is 0.333 e. The van der Waals surface area contributed by atoms with Gasteiger partial charge in [0.15, 0.2) is 0 Å². The first-order chi connectivity index (χ1) is 17.5. The Hall–Kier alpha value is -3.32. The summed E-state index contributed by atoms with van der Waals surface area (Å²) < 4.78 is 2.14. The molecule has 0 bridgehead atoms. The van der Waals surface area contributed by atoms with E-state index in [0.717, 1.165) is 38.3 Å². The van der Waals surface area contributed by atoms with Gasteiger partial charge in [0.25, 0.3) is 17.8 Å². The van der Waals surface area contributed by atoms with Crippen LogP contribution >= 0.6 is 0 Å². The molecule has 0 aromatic heterocycles. The Balaban J connectivity index is 1.63. The van der Waals surface area contributed by atoms with Gasteiger partial charge in [0.1, 0.15) is 6.54 Å². The number of likely N-dealkylation sites (N-methyl/N-ethyl adjacent to an activating group) is 2. The minimum Gasteiger partial charge on any atom is -0.284 e. The Labute approximate surface area is 214 Å². The molecule has 1 atom stereocenters. The van der Waals surface area contributed by atoms with Gasteiger partial charge in [-0.3, -0.25) is 19.5 Å². The maximum atomic E-state index is 13.3. The summed E-state index contributed by atoms with van der Waals surface area (Å²) in [5.41, 5.74) is 2.46. The molecule has 1 unspecified atom stereocenters. The fourth-order valence-corrected chi connectivity index (χ4v) is 4.97. The Bertz CT molecular complexity index is 1070. The van der Waals surface area contributed by atoms with Crippen LogP contribution in [0.25, 0.3) is 0 Å². The maximum absolute atomic E-state index is 13.3. The third-order valence-electron chi connectivity index (χ3n) is 6.98. The molecule has 2 aliphatic rings. The van der Waals surface area contributed by atoms with Gasteiger partial charge in [-0.05, 0) is 29.0 Å². The molecular formula is C29H38N5O2+. The minimum absolute atomic E-state index is 0.196. The van der Waals surface area contributed by atoms with E-state index in [1.165, 1.54) is 40.2 Å². The molecule has 0 aliphatic carbocycles. The average Bonchev–Trinajstić information content (AvgIpc) is 3.25. The summed E-state index contributed by atoms with van der Waals surface area (Å²) >= 11 is 0. The maximum Gasteiger partial charge on any atom is 0.333 e. The molecule has 36 heavy (non-hydrogen) atoms. The van der Waals surface area contributed by atoms with E-state index < -0.39 is 6.04 Å². The first-order valence-corrected chi connectivity index (χ1v) is 13.1. The third kappa shape index (κ3) is 5.90. The predicted molar refractivity (Wildman–Crippen MR) is 143 cm³/mol. The number of fused-ring (bicyclic) bond motifs is 1. The van der Waals surface area contributed by atoms with Crippen molar-refractivity contribution in [1.29, 1.82) is 0 Å². The van der Waals surface area contributed by atoms with Gasteiger partial charge in [-0.1, -0.05) is 86.8 Å². The molecular weight excluding hydrogens is 450 g/mol. The number of rotatable bonds is 12. The van der Waals surface area contributed by atoms with Crippen LogP contribution in [-0.2, 0) is 17.9 Å². The van der Waals surface area contributed by atoms with Crippen LogP contribution in [-0.4, -0.2) is 76.1 Å². The molecule has 7 nitrogen and oxygen atoms in total. The molecule has 0 N–H and O–H groups in total. The van der Waals surface area contributed by atoms with Gasteiger partial charge < -0.3 is 0 Å². The lowest BCUT2D eigenvalue weighted by Gasteiger charge is -2.30. The van der Waals surface area contributed by atoms with E-state index >= 15 is 0 Å². The van der Waals surface area contributed by atoms with Gasteiger partial charge in [0.2, 0.25) is 0 Å². The number of unbranched alkanes of at least 4 members (excludes halogenated alkanes) is 4. The first kappa shape index (κ1) is 25.8. The SMILES string of the molecule is CCCCCCC[N+]1=C(CN(Cc2ccccc2)Cc2ccccc2)N=C2C1C(=O)N(C)C(=O)N2C. The highest BCUT2D eigenvalue weighted by molar-refractivity contribution is 6.23. The number of carbonyl (C=O) groups is 2. The number of imide groups is 1. The van der Waals surface area contributed by atoms with Crippen LogP contribution in [0.2, 0.25) is 0 Å².